The van der Waals surface area contributed by atoms with Gasteiger partial charge in [-0.15, -0.1) is 0 Å². The summed E-state index contributed by atoms with van der Waals surface area (Å²) in [6.45, 7) is -0.242. The van der Waals surface area contributed by atoms with E-state index in [1.54, 1.807) is 0 Å². The molecule has 2 heterocycles. The number of ether oxygens (including phenoxy) is 2. The van der Waals surface area contributed by atoms with Gasteiger partial charge >= 0.3 is 11.9 Å². The molecule has 0 aromatic rings. The maximum absolute atomic E-state index is 11.9. The van der Waals surface area contributed by atoms with Gasteiger partial charge in [0.05, 0.1) is 19.1 Å². The Morgan fingerprint density at radius 3 is 2.27 bits per heavy atom. The maximum Gasteiger partial charge on any atom is 0.312 e. The van der Waals surface area contributed by atoms with Crippen molar-refractivity contribution in [3.8, 4) is 0 Å². The van der Waals surface area contributed by atoms with Crippen molar-refractivity contribution < 1.29 is 39.5 Å². The molecule has 0 aromatic carbocycles. The lowest BCUT2D eigenvalue weighted by Crippen LogP contribution is -2.62. The molecule has 0 amide bonds. The first-order chi connectivity index (χ1) is 10.3. The minimum atomic E-state index is -1.76. The molecule has 1 aliphatic carbocycles. The molecule has 0 spiro atoms. The Labute approximate surface area is 126 Å². The lowest BCUT2D eigenvalue weighted by molar-refractivity contribution is -0.196. The summed E-state index contributed by atoms with van der Waals surface area (Å²) < 4.78 is 10.8. The highest BCUT2D eigenvalue weighted by molar-refractivity contribution is 5.78. The number of aliphatic carboxylic acids is 2. The quantitative estimate of drug-likeness (QED) is 0.533. The van der Waals surface area contributed by atoms with Gasteiger partial charge in [0.1, 0.15) is 29.3 Å². The van der Waals surface area contributed by atoms with Crippen molar-refractivity contribution in [1.82, 2.24) is 0 Å². The van der Waals surface area contributed by atoms with Crippen LogP contribution in [-0.4, -0.2) is 69.5 Å². The first kappa shape index (κ1) is 15.7. The Morgan fingerprint density at radius 2 is 1.73 bits per heavy atom. The molecule has 3 fully saturated rings. The predicted octanol–water partition coefficient (Wildman–Crippen LogP) is -0.778. The van der Waals surface area contributed by atoms with E-state index < -0.39 is 47.2 Å². The summed E-state index contributed by atoms with van der Waals surface area (Å²) in [5.74, 6) is -2.71. The molecular weight excluding hydrogens is 296 g/mol. The molecule has 0 unspecified atom stereocenters. The standard InChI is InChI=1S/C14H20O8/c15-8-5-21-10-9(8)22-6-14(10,20)13(12(18)19)3-1-7(2-4-13)11(16)17/h7-10,15,20H,1-6H2,(H,16,17)(H,18,19)/t7?,8-,9-,10+,13?,14-/m1/s1. The zero-order valence-corrected chi connectivity index (χ0v) is 12.0. The Balaban J connectivity index is 1.89. The van der Waals surface area contributed by atoms with Crippen molar-refractivity contribution in [2.24, 2.45) is 11.3 Å². The normalized spacial score (nSPS) is 48.1. The Kier molecular flexibility index (Phi) is 3.67. The third-order valence-electron chi connectivity index (χ3n) is 5.52. The van der Waals surface area contributed by atoms with Crippen LogP contribution in [0.15, 0.2) is 0 Å². The van der Waals surface area contributed by atoms with Gasteiger partial charge in [0.25, 0.3) is 0 Å². The Bertz CT molecular complexity index is 483. The molecular formula is C14H20O8. The smallest absolute Gasteiger partial charge is 0.312 e. The van der Waals surface area contributed by atoms with E-state index in [1.807, 2.05) is 0 Å². The van der Waals surface area contributed by atoms with Crippen molar-refractivity contribution in [2.75, 3.05) is 13.2 Å². The highest BCUT2D eigenvalue weighted by Crippen LogP contribution is 2.53. The molecule has 0 radical (unpaired) electrons. The Morgan fingerprint density at radius 1 is 1.09 bits per heavy atom. The third kappa shape index (κ3) is 1.98. The van der Waals surface area contributed by atoms with Crippen LogP contribution in [0.5, 0.6) is 0 Å². The summed E-state index contributed by atoms with van der Waals surface area (Å²) in [5, 5.41) is 39.7. The lowest BCUT2D eigenvalue weighted by Gasteiger charge is -2.46. The van der Waals surface area contributed by atoms with Gasteiger partial charge in [0, 0.05) is 0 Å². The summed E-state index contributed by atoms with van der Waals surface area (Å²) in [4.78, 5) is 23.0. The molecule has 22 heavy (non-hydrogen) atoms. The van der Waals surface area contributed by atoms with Crippen molar-refractivity contribution >= 4 is 11.9 Å². The van der Waals surface area contributed by atoms with Crippen LogP contribution < -0.4 is 0 Å². The van der Waals surface area contributed by atoms with E-state index in [9.17, 15) is 24.9 Å². The second-order valence-corrected chi connectivity index (χ2v) is 6.52. The Hall–Kier alpha value is -1.22. The van der Waals surface area contributed by atoms with Gasteiger partial charge in [-0.3, -0.25) is 9.59 Å². The molecule has 3 rings (SSSR count). The van der Waals surface area contributed by atoms with E-state index in [4.69, 9.17) is 14.6 Å². The van der Waals surface area contributed by atoms with E-state index in [2.05, 4.69) is 0 Å². The summed E-state index contributed by atoms with van der Waals surface area (Å²) in [5.41, 5.74) is -3.27. The first-order valence-corrected chi connectivity index (χ1v) is 7.42. The van der Waals surface area contributed by atoms with Gasteiger partial charge in [-0.25, -0.2) is 0 Å². The second kappa shape index (κ2) is 5.16. The number of rotatable bonds is 3. The van der Waals surface area contributed by atoms with Gasteiger partial charge in [-0.2, -0.15) is 0 Å². The topological polar surface area (TPSA) is 134 Å². The van der Waals surface area contributed by atoms with Crippen LogP contribution in [0.4, 0.5) is 0 Å². The van der Waals surface area contributed by atoms with E-state index in [0.717, 1.165) is 0 Å². The lowest BCUT2D eigenvalue weighted by atomic mass is 9.59. The van der Waals surface area contributed by atoms with Gasteiger partial charge in [-0.05, 0) is 25.7 Å². The molecule has 8 nitrogen and oxygen atoms in total. The third-order valence-corrected chi connectivity index (χ3v) is 5.52. The van der Waals surface area contributed by atoms with Crippen molar-refractivity contribution in [1.29, 1.82) is 0 Å². The van der Waals surface area contributed by atoms with E-state index in [-0.39, 0.29) is 38.9 Å². The van der Waals surface area contributed by atoms with Gasteiger partial charge in [0.15, 0.2) is 0 Å². The first-order valence-electron chi connectivity index (χ1n) is 7.42. The van der Waals surface area contributed by atoms with E-state index >= 15 is 0 Å². The maximum atomic E-state index is 11.9. The van der Waals surface area contributed by atoms with E-state index in [1.165, 1.54) is 0 Å². The summed E-state index contributed by atoms with van der Waals surface area (Å²) >= 11 is 0. The molecule has 0 aromatic heterocycles. The molecule has 124 valence electrons. The number of carbonyl (C=O) groups is 2. The summed E-state index contributed by atoms with van der Waals surface area (Å²) in [6, 6.07) is 0. The zero-order valence-electron chi connectivity index (χ0n) is 12.0. The molecule has 1 saturated carbocycles. The SMILES string of the molecule is O=C(O)C1CCC(C(=O)O)([C@@]2(O)CO[C@@H]3[C@H](O)CO[C@@H]32)CC1. The summed E-state index contributed by atoms with van der Waals surface area (Å²) in [7, 11) is 0. The second-order valence-electron chi connectivity index (χ2n) is 6.52. The molecule has 3 aliphatic rings. The highest BCUT2D eigenvalue weighted by atomic mass is 16.6. The van der Waals surface area contributed by atoms with Crippen molar-refractivity contribution in [3.05, 3.63) is 0 Å². The number of carboxylic acid groups (broad SMARTS) is 2. The molecule has 4 atom stereocenters. The molecule has 2 aliphatic heterocycles. The number of carboxylic acids is 2. The molecule has 0 bridgehead atoms. The fourth-order valence-electron chi connectivity index (χ4n) is 4.11. The average molecular weight is 316 g/mol. The van der Waals surface area contributed by atoms with Crippen LogP contribution >= 0.6 is 0 Å². The van der Waals surface area contributed by atoms with Gasteiger partial charge in [-0.1, -0.05) is 0 Å². The summed E-state index contributed by atoms with van der Waals surface area (Å²) in [6.07, 6.45) is -2.07. The van der Waals surface area contributed by atoms with Crippen LogP contribution in [0, 0.1) is 11.3 Å². The highest BCUT2D eigenvalue weighted by Gasteiger charge is 2.68. The number of aliphatic hydroxyl groups excluding tert-OH is 1. The van der Waals surface area contributed by atoms with Gasteiger partial charge < -0.3 is 29.9 Å². The van der Waals surface area contributed by atoms with Crippen LogP contribution in [0.2, 0.25) is 0 Å². The minimum absolute atomic E-state index is 0.00884. The number of fused-ring (bicyclic) bond motifs is 1. The molecule has 8 heteroatoms. The van der Waals surface area contributed by atoms with Crippen molar-refractivity contribution in [3.63, 3.8) is 0 Å². The fourth-order valence-corrected chi connectivity index (χ4v) is 4.11. The molecule has 4 N–H and O–H groups in total. The zero-order chi connectivity index (χ0) is 16.1. The van der Waals surface area contributed by atoms with Crippen LogP contribution in [0.1, 0.15) is 25.7 Å². The number of hydrogen-bond donors (Lipinski definition) is 4. The van der Waals surface area contributed by atoms with Crippen molar-refractivity contribution in [2.45, 2.75) is 49.6 Å². The van der Waals surface area contributed by atoms with E-state index in [0.29, 0.717) is 0 Å². The van der Waals surface area contributed by atoms with Crippen LogP contribution in [0.25, 0.3) is 0 Å². The largest absolute Gasteiger partial charge is 0.481 e. The van der Waals surface area contributed by atoms with Gasteiger partial charge in [0.2, 0.25) is 0 Å². The number of aliphatic hydroxyl groups is 2. The average Bonchev–Trinajstić information content (AvgIpc) is 3.02. The fraction of sp³-hybridized carbons (Fsp3) is 0.857. The predicted molar refractivity (Wildman–Crippen MR) is 70.1 cm³/mol. The number of hydrogen-bond acceptors (Lipinski definition) is 6. The monoisotopic (exact) mass is 316 g/mol. The van der Waals surface area contributed by atoms with Crippen LogP contribution in [-0.2, 0) is 19.1 Å². The molecule has 2 saturated heterocycles. The minimum Gasteiger partial charge on any atom is -0.481 e. The van der Waals surface area contributed by atoms with Crippen LogP contribution in [0.3, 0.4) is 0 Å².